The zero-order chi connectivity index (χ0) is 16.6. The maximum absolute atomic E-state index is 12.5. The van der Waals surface area contributed by atoms with E-state index in [1.54, 1.807) is 18.2 Å². The van der Waals surface area contributed by atoms with Gasteiger partial charge in [-0.15, -0.1) is 0 Å². The van der Waals surface area contributed by atoms with Crippen LogP contribution in [0.25, 0.3) is 5.52 Å². The van der Waals surface area contributed by atoms with Gasteiger partial charge in [0.1, 0.15) is 16.7 Å². The van der Waals surface area contributed by atoms with Crippen LogP contribution in [-0.4, -0.2) is 22.6 Å². The number of benzene rings is 1. The molecule has 0 spiro atoms. The minimum atomic E-state index is -3.78. The molecule has 1 aromatic carbocycles. The minimum absolute atomic E-state index is 0.0181. The Balaban J connectivity index is 2.02. The maximum atomic E-state index is 12.5. The fraction of sp³-hybridized carbons (Fsp3) is 0.200. The molecule has 0 radical (unpaired) electrons. The van der Waals surface area contributed by atoms with E-state index in [2.05, 4.69) is 9.82 Å². The van der Waals surface area contributed by atoms with E-state index in [4.69, 9.17) is 0 Å². The zero-order valence-electron chi connectivity index (χ0n) is 12.7. The smallest absolute Gasteiger partial charge is 0.290 e. The van der Waals surface area contributed by atoms with Gasteiger partial charge in [0.2, 0.25) is 0 Å². The van der Waals surface area contributed by atoms with Gasteiger partial charge in [-0.25, -0.2) is 13.1 Å². The van der Waals surface area contributed by atoms with Crippen LogP contribution in [0.1, 0.15) is 12.5 Å². The van der Waals surface area contributed by atoms with Crippen LogP contribution >= 0.6 is 0 Å². The first kappa shape index (κ1) is 15.3. The second-order valence-electron chi connectivity index (χ2n) is 5.19. The van der Waals surface area contributed by atoms with E-state index in [0.717, 1.165) is 16.7 Å². The Kier molecular flexibility index (Phi) is 3.69. The number of rotatable bonds is 4. The van der Waals surface area contributed by atoms with Gasteiger partial charge in [0.15, 0.2) is 0 Å². The molecule has 7 nitrogen and oxygen atoms in total. The van der Waals surface area contributed by atoms with E-state index in [1.165, 1.54) is 30.0 Å². The average molecular weight is 332 g/mol. The van der Waals surface area contributed by atoms with Crippen molar-refractivity contribution in [3.8, 4) is 0 Å². The van der Waals surface area contributed by atoms with Crippen LogP contribution in [0.15, 0.2) is 52.5 Å². The number of nitrogens with one attached hydrogen (secondary N) is 1. The summed E-state index contributed by atoms with van der Waals surface area (Å²) in [5, 5.41) is 3.86. The molecule has 120 valence electrons. The molecule has 0 aliphatic rings. The predicted molar refractivity (Wildman–Crippen MR) is 87.1 cm³/mol. The molecule has 2 aromatic heterocycles. The molecular weight excluding hydrogens is 316 g/mol. The van der Waals surface area contributed by atoms with Crippen LogP contribution in [0, 0.1) is 0 Å². The van der Waals surface area contributed by atoms with E-state index in [9.17, 15) is 13.2 Å². The summed E-state index contributed by atoms with van der Waals surface area (Å²) in [7, 11) is -2.26. The van der Waals surface area contributed by atoms with Crippen molar-refractivity contribution < 1.29 is 8.42 Å². The van der Waals surface area contributed by atoms with Gasteiger partial charge in [0, 0.05) is 18.9 Å². The number of aryl methyl sites for hydroxylation is 2. The van der Waals surface area contributed by atoms with Crippen molar-refractivity contribution in [2.45, 2.75) is 18.2 Å². The van der Waals surface area contributed by atoms with Gasteiger partial charge >= 0.3 is 0 Å². The molecule has 0 saturated heterocycles. The van der Waals surface area contributed by atoms with E-state index in [-0.39, 0.29) is 16.0 Å². The molecule has 0 atom stereocenters. The number of anilines is 1. The Morgan fingerprint density at radius 2 is 2.04 bits per heavy atom. The third-order valence-corrected chi connectivity index (χ3v) is 4.93. The molecule has 1 N–H and O–H groups in total. The van der Waals surface area contributed by atoms with Crippen molar-refractivity contribution in [3.63, 3.8) is 0 Å². The molecule has 3 aromatic rings. The summed E-state index contributed by atoms with van der Waals surface area (Å²) in [4.78, 5) is 12.0. The highest BCUT2D eigenvalue weighted by atomic mass is 32.2. The molecule has 0 aliphatic carbocycles. The Hall–Kier alpha value is -2.61. The fourth-order valence-electron chi connectivity index (χ4n) is 2.29. The van der Waals surface area contributed by atoms with Crippen molar-refractivity contribution in [2.24, 2.45) is 7.05 Å². The summed E-state index contributed by atoms with van der Waals surface area (Å²) < 4.78 is 30.1. The van der Waals surface area contributed by atoms with Crippen LogP contribution < -0.4 is 10.3 Å². The second-order valence-corrected chi connectivity index (χ2v) is 6.87. The van der Waals surface area contributed by atoms with Crippen molar-refractivity contribution in [3.05, 3.63) is 58.8 Å². The Labute approximate surface area is 133 Å². The maximum Gasteiger partial charge on any atom is 0.290 e. The highest BCUT2D eigenvalue weighted by Crippen LogP contribution is 2.18. The summed E-state index contributed by atoms with van der Waals surface area (Å²) in [6.45, 7) is 2.00. The summed E-state index contributed by atoms with van der Waals surface area (Å²) >= 11 is 0. The molecule has 23 heavy (non-hydrogen) atoms. The monoisotopic (exact) mass is 332 g/mol. The molecule has 3 rings (SSSR count). The van der Waals surface area contributed by atoms with Gasteiger partial charge in [-0.05, 0) is 30.2 Å². The van der Waals surface area contributed by atoms with Gasteiger partial charge in [-0.1, -0.05) is 19.1 Å². The van der Waals surface area contributed by atoms with E-state index >= 15 is 0 Å². The van der Waals surface area contributed by atoms with Crippen LogP contribution in [0.3, 0.4) is 0 Å². The Bertz CT molecular complexity index is 1030. The molecule has 0 amide bonds. The first-order chi connectivity index (χ1) is 10.9. The Morgan fingerprint density at radius 3 is 2.78 bits per heavy atom. The first-order valence-corrected chi connectivity index (χ1v) is 8.55. The van der Waals surface area contributed by atoms with Gasteiger partial charge in [0.25, 0.3) is 15.6 Å². The highest BCUT2D eigenvalue weighted by Gasteiger charge is 2.18. The van der Waals surface area contributed by atoms with Gasteiger partial charge in [0.05, 0.1) is 0 Å². The highest BCUT2D eigenvalue weighted by molar-refractivity contribution is 7.92. The van der Waals surface area contributed by atoms with Crippen molar-refractivity contribution in [1.82, 2.24) is 14.2 Å². The fourth-order valence-corrected chi connectivity index (χ4v) is 3.36. The SMILES string of the molecule is CCc1cccc(NS(=O)(=O)c2cc3c(=O)n(C)ncn3c2)c1. The van der Waals surface area contributed by atoms with E-state index < -0.39 is 10.0 Å². The van der Waals surface area contributed by atoms with Crippen LogP contribution in [-0.2, 0) is 23.5 Å². The summed E-state index contributed by atoms with van der Waals surface area (Å²) in [5.41, 5.74) is 1.42. The Morgan fingerprint density at radius 1 is 1.26 bits per heavy atom. The van der Waals surface area contributed by atoms with Gasteiger partial charge in [-0.3, -0.25) is 13.9 Å². The minimum Gasteiger partial charge on any atom is -0.300 e. The second kappa shape index (κ2) is 5.54. The lowest BCUT2D eigenvalue weighted by atomic mass is 10.1. The van der Waals surface area contributed by atoms with Gasteiger partial charge < -0.3 is 0 Å². The molecule has 0 aliphatic heterocycles. The quantitative estimate of drug-likeness (QED) is 0.782. The largest absolute Gasteiger partial charge is 0.300 e. The third-order valence-electron chi connectivity index (χ3n) is 3.58. The molecule has 2 heterocycles. The van der Waals surface area contributed by atoms with E-state index in [0.29, 0.717) is 5.69 Å². The first-order valence-electron chi connectivity index (χ1n) is 7.06. The number of hydrogen-bond acceptors (Lipinski definition) is 4. The average Bonchev–Trinajstić information content (AvgIpc) is 2.97. The molecule has 0 bridgehead atoms. The predicted octanol–water partition coefficient (Wildman–Crippen LogP) is 1.40. The molecule has 0 saturated carbocycles. The summed E-state index contributed by atoms with van der Waals surface area (Å²) in [6, 6.07) is 8.55. The van der Waals surface area contributed by atoms with Crippen LogP contribution in [0.5, 0.6) is 0 Å². The molecule has 8 heteroatoms. The third kappa shape index (κ3) is 2.85. The van der Waals surface area contributed by atoms with Crippen LogP contribution in [0.4, 0.5) is 5.69 Å². The number of sulfonamides is 1. The summed E-state index contributed by atoms with van der Waals surface area (Å²) in [5.74, 6) is 0. The number of hydrogen-bond donors (Lipinski definition) is 1. The molecule has 0 fully saturated rings. The lowest BCUT2D eigenvalue weighted by Gasteiger charge is -2.07. The number of aromatic nitrogens is 3. The number of nitrogens with zero attached hydrogens (tertiary/aromatic N) is 3. The zero-order valence-corrected chi connectivity index (χ0v) is 13.5. The van der Waals surface area contributed by atoms with E-state index in [1.807, 2.05) is 13.0 Å². The van der Waals surface area contributed by atoms with Crippen molar-refractivity contribution >= 4 is 21.2 Å². The van der Waals surface area contributed by atoms with Gasteiger partial charge in [-0.2, -0.15) is 5.10 Å². The standard InChI is InChI=1S/C15H16N4O3S/c1-3-11-5-4-6-12(7-11)17-23(21,22)13-8-14-15(20)18(2)16-10-19(14)9-13/h4-10,17H,3H2,1-2H3. The summed E-state index contributed by atoms with van der Waals surface area (Å²) in [6.07, 6.45) is 3.58. The van der Waals surface area contributed by atoms with Crippen molar-refractivity contribution in [1.29, 1.82) is 0 Å². The van der Waals surface area contributed by atoms with Crippen molar-refractivity contribution in [2.75, 3.05) is 4.72 Å². The topological polar surface area (TPSA) is 85.5 Å². The normalized spacial score (nSPS) is 11.7. The lowest BCUT2D eigenvalue weighted by molar-refractivity contribution is 0.601. The lowest BCUT2D eigenvalue weighted by Crippen LogP contribution is -2.20. The van der Waals surface area contributed by atoms with Crippen LogP contribution in [0.2, 0.25) is 0 Å². The molecule has 0 unspecified atom stereocenters. The molecular formula is C15H16N4O3S. The number of fused-ring (bicyclic) bond motifs is 1.